The molecule has 0 spiro atoms. The summed E-state index contributed by atoms with van der Waals surface area (Å²) < 4.78 is 50.1. The number of hydrogen-bond acceptors (Lipinski definition) is 6. The third-order valence-electron chi connectivity index (χ3n) is 4.19. The number of aliphatic imine (C=N–C) groups is 1. The van der Waals surface area contributed by atoms with Gasteiger partial charge in [-0.3, -0.25) is 9.79 Å². The van der Waals surface area contributed by atoms with E-state index in [4.69, 9.17) is 23.2 Å². The molecule has 1 heterocycles. The van der Waals surface area contributed by atoms with Crippen molar-refractivity contribution in [3.63, 3.8) is 0 Å². The number of carbonyl (C=O) groups excluding carboxylic acids is 1. The summed E-state index contributed by atoms with van der Waals surface area (Å²) in [6.07, 6.45) is 0. The first-order chi connectivity index (χ1) is 13.1. The molecule has 1 aliphatic heterocycles. The van der Waals surface area contributed by atoms with Crippen molar-refractivity contribution in [1.29, 1.82) is 0 Å². The van der Waals surface area contributed by atoms with Crippen molar-refractivity contribution in [3.8, 4) is 0 Å². The third kappa shape index (κ3) is 4.46. The van der Waals surface area contributed by atoms with Crippen molar-refractivity contribution in [3.05, 3.63) is 69.7 Å². The fraction of sp³-hybridized carbons (Fsp3) is 0.222. The van der Waals surface area contributed by atoms with Crippen LogP contribution in [0.25, 0.3) is 0 Å². The smallest absolute Gasteiger partial charge is 0.207 e. The van der Waals surface area contributed by atoms with Gasteiger partial charge in [0.2, 0.25) is 15.6 Å². The largest absolute Gasteiger partial charge is 0.291 e. The number of sulfone groups is 2. The van der Waals surface area contributed by atoms with Crippen LogP contribution in [0.1, 0.15) is 16.4 Å². The van der Waals surface area contributed by atoms with Crippen molar-refractivity contribution in [2.75, 3.05) is 18.1 Å². The molecule has 2 aromatic rings. The number of ketones is 1. The van der Waals surface area contributed by atoms with Gasteiger partial charge in [-0.25, -0.2) is 16.8 Å². The molecule has 0 aliphatic carbocycles. The van der Waals surface area contributed by atoms with E-state index in [1.807, 2.05) is 0 Å². The van der Waals surface area contributed by atoms with Crippen LogP contribution in [-0.4, -0.2) is 45.7 Å². The SMILES string of the molecule is O=C(CS(=O)(=O)C(c1ccc(Cl)cc1)c1ccc(Cl)cc1)C1=NCCS1(=O)=O. The number of benzene rings is 2. The van der Waals surface area contributed by atoms with Gasteiger partial charge in [-0.15, -0.1) is 0 Å². The second-order valence-electron chi connectivity index (χ2n) is 6.22. The minimum atomic E-state index is -4.12. The molecule has 28 heavy (non-hydrogen) atoms. The van der Waals surface area contributed by atoms with Crippen molar-refractivity contribution in [2.24, 2.45) is 4.99 Å². The second-order valence-corrected chi connectivity index (χ2v) is 11.2. The molecule has 0 fully saturated rings. The predicted octanol–water partition coefficient (Wildman–Crippen LogP) is 2.89. The maximum Gasteiger partial charge on any atom is 0.207 e. The predicted molar refractivity (Wildman–Crippen MR) is 110 cm³/mol. The number of halogens is 2. The lowest BCUT2D eigenvalue weighted by molar-refractivity contribution is -0.110. The molecule has 10 heteroatoms. The summed E-state index contributed by atoms with van der Waals surface area (Å²) in [5.41, 5.74) is 0.798. The third-order valence-corrected chi connectivity index (χ3v) is 8.28. The van der Waals surface area contributed by atoms with Gasteiger partial charge in [-0.1, -0.05) is 47.5 Å². The van der Waals surface area contributed by atoms with Crippen LogP contribution < -0.4 is 0 Å². The van der Waals surface area contributed by atoms with Gasteiger partial charge in [0.25, 0.3) is 0 Å². The summed E-state index contributed by atoms with van der Waals surface area (Å²) in [6.45, 7) is -0.0404. The fourth-order valence-electron chi connectivity index (χ4n) is 2.93. The average molecular weight is 460 g/mol. The highest BCUT2D eigenvalue weighted by atomic mass is 35.5. The van der Waals surface area contributed by atoms with Gasteiger partial charge in [0.1, 0.15) is 11.0 Å². The van der Waals surface area contributed by atoms with E-state index >= 15 is 0 Å². The zero-order valence-electron chi connectivity index (χ0n) is 14.4. The number of carbonyl (C=O) groups is 1. The van der Waals surface area contributed by atoms with Crippen LogP contribution in [0.5, 0.6) is 0 Å². The quantitative estimate of drug-likeness (QED) is 0.661. The molecule has 0 saturated carbocycles. The molecule has 0 radical (unpaired) electrons. The molecule has 0 amide bonds. The van der Waals surface area contributed by atoms with Gasteiger partial charge in [-0.2, -0.15) is 0 Å². The Kier molecular flexibility index (Phi) is 5.95. The summed E-state index contributed by atoms with van der Waals surface area (Å²) in [5.74, 6) is -2.28. The number of Topliss-reactive ketones (excluding diaryl/α,β-unsaturated/α-hetero) is 1. The molecule has 0 atom stereocenters. The number of rotatable bonds is 6. The van der Waals surface area contributed by atoms with E-state index in [9.17, 15) is 21.6 Å². The lowest BCUT2D eigenvalue weighted by atomic mass is 10.0. The molecule has 0 saturated heterocycles. The highest BCUT2D eigenvalue weighted by Gasteiger charge is 2.37. The van der Waals surface area contributed by atoms with Gasteiger partial charge in [-0.05, 0) is 35.4 Å². The second kappa shape index (κ2) is 7.94. The molecule has 2 aromatic carbocycles. The Bertz CT molecular complexity index is 1090. The standard InChI is InChI=1S/C18H15Cl2NO5S2/c19-14-5-1-12(2-6-14)17(13-3-7-15(20)8-4-13)28(25,26)11-16(22)18-21-9-10-27(18,23)24/h1-8,17H,9-11H2. The van der Waals surface area contributed by atoms with Crippen LogP contribution in [0.3, 0.4) is 0 Å². The topological polar surface area (TPSA) is 97.7 Å². The lowest BCUT2D eigenvalue weighted by Gasteiger charge is -2.19. The van der Waals surface area contributed by atoms with Crippen LogP contribution >= 0.6 is 23.2 Å². The Balaban J connectivity index is 2.02. The van der Waals surface area contributed by atoms with Crippen molar-refractivity contribution >= 4 is 53.7 Å². The molecule has 0 bridgehead atoms. The van der Waals surface area contributed by atoms with Gasteiger partial charge in [0.05, 0.1) is 12.3 Å². The van der Waals surface area contributed by atoms with E-state index in [2.05, 4.69) is 4.99 Å². The van der Waals surface area contributed by atoms with E-state index in [0.717, 1.165) is 0 Å². The van der Waals surface area contributed by atoms with E-state index in [0.29, 0.717) is 21.2 Å². The summed E-state index contributed by atoms with van der Waals surface area (Å²) in [5, 5.41) is -0.991. The molecule has 0 unspecified atom stereocenters. The fourth-order valence-corrected chi connectivity index (χ4v) is 6.32. The van der Waals surface area contributed by atoms with Gasteiger partial charge >= 0.3 is 0 Å². The van der Waals surface area contributed by atoms with Crippen molar-refractivity contribution < 1.29 is 21.6 Å². The highest BCUT2D eigenvalue weighted by Crippen LogP contribution is 2.32. The van der Waals surface area contributed by atoms with E-state index in [-0.39, 0.29) is 12.3 Å². The molecule has 148 valence electrons. The molecular weight excluding hydrogens is 445 g/mol. The van der Waals surface area contributed by atoms with Crippen LogP contribution in [-0.2, 0) is 24.5 Å². The minimum absolute atomic E-state index is 0.0404. The minimum Gasteiger partial charge on any atom is -0.291 e. The zero-order chi connectivity index (χ0) is 20.5. The van der Waals surface area contributed by atoms with Gasteiger partial charge < -0.3 is 0 Å². The van der Waals surface area contributed by atoms with Crippen LogP contribution in [0.15, 0.2) is 53.5 Å². The Hall–Kier alpha value is -1.74. The highest BCUT2D eigenvalue weighted by molar-refractivity contribution is 8.09. The van der Waals surface area contributed by atoms with Crippen LogP contribution in [0.2, 0.25) is 10.0 Å². The Morgan fingerprint density at radius 2 is 1.43 bits per heavy atom. The van der Waals surface area contributed by atoms with Gasteiger partial charge in [0.15, 0.2) is 14.9 Å². The Morgan fingerprint density at radius 3 is 1.82 bits per heavy atom. The van der Waals surface area contributed by atoms with Crippen LogP contribution in [0.4, 0.5) is 0 Å². The Labute approximate surface area is 173 Å². The summed E-state index contributed by atoms with van der Waals surface area (Å²) in [6, 6.07) is 12.4. The maximum atomic E-state index is 13.1. The molecular formula is C18H15Cl2NO5S2. The van der Waals surface area contributed by atoms with E-state index in [1.54, 1.807) is 48.5 Å². The monoisotopic (exact) mass is 459 g/mol. The van der Waals surface area contributed by atoms with Crippen LogP contribution in [0, 0.1) is 0 Å². The maximum absolute atomic E-state index is 13.1. The first-order valence-electron chi connectivity index (χ1n) is 8.13. The average Bonchev–Trinajstić information content (AvgIpc) is 2.97. The van der Waals surface area contributed by atoms with Gasteiger partial charge in [0, 0.05) is 10.0 Å². The molecule has 6 nitrogen and oxygen atoms in total. The summed E-state index contributed by atoms with van der Waals surface area (Å²) in [4.78, 5) is 16.1. The number of hydrogen-bond donors (Lipinski definition) is 0. The summed E-state index contributed by atoms with van der Waals surface area (Å²) in [7, 11) is -7.95. The first kappa shape index (κ1) is 21.0. The Morgan fingerprint density at radius 1 is 0.964 bits per heavy atom. The molecule has 0 aromatic heterocycles. The number of nitrogens with zero attached hydrogens (tertiary/aromatic N) is 1. The van der Waals surface area contributed by atoms with E-state index in [1.165, 1.54) is 0 Å². The van der Waals surface area contributed by atoms with Crippen molar-refractivity contribution in [2.45, 2.75) is 5.25 Å². The summed E-state index contributed by atoms with van der Waals surface area (Å²) >= 11 is 11.8. The molecule has 3 rings (SSSR count). The van der Waals surface area contributed by atoms with Crippen molar-refractivity contribution in [1.82, 2.24) is 0 Å². The lowest BCUT2D eigenvalue weighted by Crippen LogP contribution is -2.31. The molecule has 1 aliphatic rings. The van der Waals surface area contributed by atoms with E-state index < -0.39 is 41.5 Å². The molecule has 0 N–H and O–H groups in total. The zero-order valence-corrected chi connectivity index (χ0v) is 17.5. The normalized spacial score (nSPS) is 16.2. The first-order valence-corrected chi connectivity index (χ1v) is 12.3.